The lowest BCUT2D eigenvalue weighted by atomic mass is 10.0. The van der Waals surface area contributed by atoms with Crippen molar-refractivity contribution in [2.24, 2.45) is 0 Å². The van der Waals surface area contributed by atoms with E-state index < -0.39 is 11.7 Å². The first kappa shape index (κ1) is 26.0. The summed E-state index contributed by atoms with van der Waals surface area (Å²) in [5.41, 5.74) is 4.70. The fraction of sp³-hybridized carbons (Fsp3) is 0.414. The molecule has 38 heavy (non-hydrogen) atoms. The van der Waals surface area contributed by atoms with E-state index in [0.717, 1.165) is 76.4 Å². The third-order valence-electron chi connectivity index (χ3n) is 7.46. The Kier molecular flexibility index (Phi) is 7.79. The van der Waals surface area contributed by atoms with E-state index in [9.17, 15) is 13.2 Å². The molecule has 0 atom stereocenters. The maximum Gasteiger partial charge on any atom is 0.416 e. The zero-order valence-corrected chi connectivity index (χ0v) is 21.2. The summed E-state index contributed by atoms with van der Waals surface area (Å²) in [7, 11) is 0. The van der Waals surface area contributed by atoms with Crippen LogP contribution in [0.5, 0.6) is 5.75 Å². The highest BCUT2D eigenvalue weighted by Gasteiger charge is 2.32. The van der Waals surface area contributed by atoms with Gasteiger partial charge in [0.05, 0.1) is 23.2 Å². The van der Waals surface area contributed by atoms with Gasteiger partial charge in [-0.2, -0.15) is 18.4 Å². The molecule has 0 bridgehead atoms. The van der Waals surface area contributed by atoms with Gasteiger partial charge in [0, 0.05) is 51.8 Å². The summed E-state index contributed by atoms with van der Waals surface area (Å²) < 4.78 is 44.5. The molecule has 1 N–H and O–H groups in total. The minimum atomic E-state index is -4.34. The van der Waals surface area contributed by atoms with Crippen LogP contribution in [0.3, 0.4) is 0 Å². The summed E-state index contributed by atoms with van der Waals surface area (Å²) in [6.45, 7) is 4.54. The molecule has 3 aliphatic heterocycles. The smallest absolute Gasteiger partial charge is 0.416 e. The van der Waals surface area contributed by atoms with Crippen LogP contribution in [0.25, 0.3) is 0 Å². The second-order valence-electron chi connectivity index (χ2n) is 10.0. The number of halogens is 3. The molecule has 0 unspecified atom stereocenters. The van der Waals surface area contributed by atoms with Crippen LogP contribution in [0.15, 0.2) is 72.7 Å². The lowest BCUT2D eigenvalue weighted by Gasteiger charge is -2.45. The van der Waals surface area contributed by atoms with Crippen LogP contribution in [0.2, 0.25) is 0 Å². The standard InChI is InChI=1S/C29H32F3N5O/c30-29(31,32)24-7-9-26(10-8-24)38-27-13-18-36(19-14-27)28-2-1-15-34-37(28)25-11-16-35(17-12-25)21-23-5-3-22(20-33)4-6-23/h1-10,15,25,27,34H,11-14,16-19,21H2. The molecule has 5 rings (SSSR count). The predicted octanol–water partition coefficient (Wildman–Crippen LogP) is 5.26. The molecule has 0 aromatic heterocycles. The fourth-order valence-electron chi connectivity index (χ4n) is 5.35. The van der Waals surface area contributed by atoms with Gasteiger partial charge in [-0.1, -0.05) is 12.1 Å². The average molecular weight is 524 g/mol. The van der Waals surface area contributed by atoms with Gasteiger partial charge < -0.3 is 15.1 Å². The number of nitrogens with zero attached hydrogens (tertiary/aromatic N) is 4. The Morgan fingerprint density at radius 2 is 1.61 bits per heavy atom. The van der Waals surface area contributed by atoms with Crippen molar-refractivity contribution in [3.8, 4) is 11.8 Å². The van der Waals surface area contributed by atoms with Crippen LogP contribution in [-0.2, 0) is 12.7 Å². The first-order valence-corrected chi connectivity index (χ1v) is 13.1. The Morgan fingerprint density at radius 1 is 0.921 bits per heavy atom. The number of nitriles is 1. The van der Waals surface area contributed by atoms with E-state index in [1.165, 1.54) is 17.7 Å². The van der Waals surface area contributed by atoms with Gasteiger partial charge in [0.2, 0.25) is 0 Å². The molecule has 2 fully saturated rings. The van der Waals surface area contributed by atoms with Crippen LogP contribution in [0, 0.1) is 11.3 Å². The summed E-state index contributed by atoms with van der Waals surface area (Å²) in [4.78, 5) is 4.83. The third-order valence-corrected chi connectivity index (χ3v) is 7.46. The van der Waals surface area contributed by atoms with Gasteiger partial charge in [-0.25, -0.2) is 0 Å². The lowest BCUT2D eigenvalue weighted by molar-refractivity contribution is -0.137. The van der Waals surface area contributed by atoms with Gasteiger partial charge in [-0.05, 0) is 67.0 Å². The minimum absolute atomic E-state index is 0.0189. The van der Waals surface area contributed by atoms with E-state index in [1.54, 1.807) is 0 Å². The maximum atomic E-state index is 12.8. The molecule has 2 aromatic rings. The largest absolute Gasteiger partial charge is 0.490 e. The number of likely N-dealkylation sites (tertiary alicyclic amines) is 2. The van der Waals surface area contributed by atoms with Crippen molar-refractivity contribution >= 4 is 0 Å². The fourth-order valence-corrected chi connectivity index (χ4v) is 5.35. The first-order valence-electron chi connectivity index (χ1n) is 13.1. The van der Waals surface area contributed by atoms with Crippen LogP contribution < -0.4 is 10.2 Å². The SMILES string of the molecule is N#Cc1ccc(CN2CCC(N3NC=CC=C3N3CCC(Oc4ccc(C(F)(F)F)cc4)CC3)CC2)cc1. The van der Waals surface area contributed by atoms with Gasteiger partial charge in [0.1, 0.15) is 17.7 Å². The molecular formula is C29H32F3N5O. The number of rotatable bonds is 6. The number of hydrazine groups is 1. The molecule has 0 radical (unpaired) electrons. The Hall–Kier alpha value is -3.64. The van der Waals surface area contributed by atoms with Crippen LogP contribution in [-0.4, -0.2) is 53.1 Å². The highest BCUT2D eigenvalue weighted by molar-refractivity contribution is 5.31. The number of ether oxygens (including phenoxy) is 1. The number of benzene rings is 2. The van der Waals surface area contributed by atoms with Gasteiger partial charge >= 0.3 is 6.18 Å². The number of nitrogens with one attached hydrogen (secondary N) is 1. The summed E-state index contributed by atoms with van der Waals surface area (Å²) in [6, 6.07) is 15.3. The van der Waals surface area contributed by atoms with E-state index in [-0.39, 0.29) is 6.10 Å². The molecule has 2 aromatic carbocycles. The summed E-state index contributed by atoms with van der Waals surface area (Å²) in [5, 5.41) is 11.3. The van der Waals surface area contributed by atoms with Crippen molar-refractivity contribution in [1.82, 2.24) is 20.2 Å². The average Bonchev–Trinajstić information content (AvgIpc) is 2.94. The van der Waals surface area contributed by atoms with Gasteiger partial charge in [0.25, 0.3) is 0 Å². The van der Waals surface area contributed by atoms with Crippen molar-refractivity contribution in [3.05, 3.63) is 89.4 Å². The zero-order valence-electron chi connectivity index (χ0n) is 21.2. The summed E-state index contributed by atoms with van der Waals surface area (Å²) in [6.07, 6.45) is 5.48. The predicted molar refractivity (Wildman–Crippen MR) is 138 cm³/mol. The Balaban J connectivity index is 1.11. The van der Waals surface area contributed by atoms with Crippen LogP contribution >= 0.6 is 0 Å². The molecule has 0 saturated carbocycles. The minimum Gasteiger partial charge on any atom is -0.490 e. The second kappa shape index (κ2) is 11.4. The van der Waals surface area contributed by atoms with E-state index in [1.807, 2.05) is 36.5 Å². The molecule has 200 valence electrons. The molecule has 0 amide bonds. The molecular weight excluding hydrogens is 491 g/mol. The number of hydrogen-bond donors (Lipinski definition) is 1. The monoisotopic (exact) mass is 523 g/mol. The Morgan fingerprint density at radius 3 is 2.24 bits per heavy atom. The molecule has 9 heteroatoms. The van der Waals surface area contributed by atoms with Crippen LogP contribution in [0.1, 0.15) is 42.4 Å². The summed E-state index contributed by atoms with van der Waals surface area (Å²) in [5.74, 6) is 1.64. The number of hydrogen-bond acceptors (Lipinski definition) is 6. The normalized spacial score (nSPS) is 19.6. The van der Waals surface area contributed by atoms with E-state index in [4.69, 9.17) is 10.00 Å². The molecule has 3 aliphatic rings. The topological polar surface area (TPSA) is 54.8 Å². The quantitative estimate of drug-likeness (QED) is 0.558. The third kappa shape index (κ3) is 6.25. The number of allylic oxidation sites excluding steroid dienone is 2. The van der Waals surface area contributed by atoms with Gasteiger partial charge in [-0.3, -0.25) is 9.91 Å². The van der Waals surface area contributed by atoms with Gasteiger partial charge in [-0.15, -0.1) is 0 Å². The van der Waals surface area contributed by atoms with Crippen molar-refractivity contribution in [3.63, 3.8) is 0 Å². The Bertz CT molecular complexity index is 1170. The van der Waals surface area contributed by atoms with Crippen molar-refractivity contribution < 1.29 is 17.9 Å². The molecule has 0 spiro atoms. The zero-order chi connectivity index (χ0) is 26.5. The van der Waals surface area contributed by atoms with Crippen LogP contribution in [0.4, 0.5) is 13.2 Å². The summed E-state index contributed by atoms with van der Waals surface area (Å²) >= 11 is 0. The van der Waals surface area contributed by atoms with E-state index in [2.05, 4.69) is 32.4 Å². The first-order chi connectivity index (χ1) is 18.4. The second-order valence-corrected chi connectivity index (χ2v) is 10.0. The number of alkyl halides is 3. The molecule has 3 heterocycles. The lowest BCUT2D eigenvalue weighted by Crippen LogP contribution is -2.53. The van der Waals surface area contributed by atoms with Crippen molar-refractivity contribution in [2.75, 3.05) is 26.2 Å². The number of piperidine rings is 2. The highest BCUT2D eigenvalue weighted by Crippen LogP contribution is 2.31. The molecule has 6 nitrogen and oxygen atoms in total. The van der Waals surface area contributed by atoms with Crippen molar-refractivity contribution in [2.45, 2.75) is 50.6 Å². The highest BCUT2D eigenvalue weighted by atomic mass is 19.4. The maximum absolute atomic E-state index is 12.8. The Labute approximate surface area is 221 Å². The van der Waals surface area contributed by atoms with E-state index in [0.29, 0.717) is 17.4 Å². The molecule has 0 aliphatic carbocycles. The molecule has 2 saturated heterocycles. The van der Waals surface area contributed by atoms with Gasteiger partial charge in [0.15, 0.2) is 0 Å². The van der Waals surface area contributed by atoms with E-state index >= 15 is 0 Å². The van der Waals surface area contributed by atoms with Crippen molar-refractivity contribution in [1.29, 1.82) is 5.26 Å².